The summed E-state index contributed by atoms with van der Waals surface area (Å²) in [6.07, 6.45) is 0.311. The number of carbonyl (C=O) groups excluding carboxylic acids is 3. The van der Waals surface area contributed by atoms with Gasteiger partial charge in [0.2, 0.25) is 5.91 Å². The lowest BCUT2D eigenvalue weighted by Gasteiger charge is -2.36. The predicted molar refractivity (Wildman–Crippen MR) is 126 cm³/mol. The van der Waals surface area contributed by atoms with Crippen molar-refractivity contribution in [1.82, 2.24) is 10.2 Å². The Hall–Kier alpha value is -3.39. The number of hydrogen-bond donors (Lipinski definition) is 2. The summed E-state index contributed by atoms with van der Waals surface area (Å²) in [4.78, 5) is 41.4. The lowest BCUT2D eigenvalue weighted by molar-refractivity contribution is -0.133. The van der Waals surface area contributed by atoms with Crippen molar-refractivity contribution < 1.29 is 19.1 Å². The molecule has 2 aromatic carbocycles. The second kappa shape index (κ2) is 8.86. The fourth-order valence-corrected chi connectivity index (χ4v) is 4.41. The average molecular weight is 451 g/mol. The molecule has 8 heteroatoms. The molecule has 3 atom stereocenters. The Morgan fingerprint density at radius 2 is 1.67 bits per heavy atom. The molecule has 0 aromatic heterocycles. The number of hydrogen-bond acceptors (Lipinski definition) is 5. The highest BCUT2D eigenvalue weighted by Gasteiger charge is 2.49. The lowest BCUT2D eigenvalue weighted by atomic mass is 9.91. The average Bonchev–Trinajstić information content (AvgIpc) is 2.98. The lowest BCUT2D eigenvalue weighted by Crippen LogP contribution is -2.45. The van der Waals surface area contributed by atoms with Crippen LogP contribution in [0.5, 0.6) is 0 Å². The summed E-state index contributed by atoms with van der Waals surface area (Å²) < 4.78 is 5.78. The molecular weight excluding hydrogens is 420 g/mol. The summed E-state index contributed by atoms with van der Waals surface area (Å²) in [5.74, 6) is -0.884. The summed E-state index contributed by atoms with van der Waals surface area (Å²) in [6.45, 7) is 8.97. The van der Waals surface area contributed by atoms with E-state index in [9.17, 15) is 14.4 Å². The number of urea groups is 1. The number of nitrogens with one attached hydrogen (secondary N) is 2. The molecule has 4 amide bonds. The van der Waals surface area contributed by atoms with Gasteiger partial charge in [-0.1, -0.05) is 29.8 Å². The number of nitrogens with zero attached hydrogens (tertiary/aromatic N) is 2. The van der Waals surface area contributed by atoms with E-state index >= 15 is 0 Å². The van der Waals surface area contributed by atoms with Gasteiger partial charge in [-0.25, -0.2) is 4.79 Å². The third-order valence-corrected chi connectivity index (χ3v) is 6.14. The number of aryl methyl sites for hydroxylation is 1. The smallest absolute Gasteiger partial charge is 0.325 e. The first kappa shape index (κ1) is 22.8. The van der Waals surface area contributed by atoms with Gasteiger partial charge in [-0.3, -0.25) is 14.5 Å². The molecule has 0 aliphatic carbocycles. The summed E-state index contributed by atoms with van der Waals surface area (Å²) in [7, 11) is 0. The van der Waals surface area contributed by atoms with Crippen LogP contribution in [0.15, 0.2) is 48.5 Å². The van der Waals surface area contributed by atoms with Crippen LogP contribution in [0.4, 0.5) is 16.2 Å². The fourth-order valence-electron chi connectivity index (χ4n) is 4.41. The highest BCUT2D eigenvalue weighted by molar-refractivity contribution is 6.10. The van der Waals surface area contributed by atoms with Gasteiger partial charge in [0.1, 0.15) is 12.1 Å². The van der Waals surface area contributed by atoms with Gasteiger partial charge in [-0.15, -0.1) is 0 Å². The van der Waals surface area contributed by atoms with Crippen LogP contribution >= 0.6 is 0 Å². The second-order valence-corrected chi connectivity index (χ2v) is 9.07. The van der Waals surface area contributed by atoms with E-state index in [4.69, 9.17) is 4.74 Å². The summed E-state index contributed by atoms with van der Waals surface area (Å²) in [5.41, 5.74) is 2.19. The SMILES string of the molecule is Cc1ccc(C2(C)NC(=O)N(CC(=O)Nc3ccc(N4CC(C)OC(C)C4)cc3)C2=O)cc1. The Bertz CT molecular complexity index is 1040. The summed E-state index contributed by atoms with van der Waals surface area (Å²) in [6, 6.07) is 14.4. The third-order valence-electron chi connectivity index (χ3n) is 6.14. The van der Waals surface area contributed by atoms with Crippen molar-refractivity contribution >= 4 is 29.2 Å². The van der Waals surface area contributed by atoms with Gasteiger partial charge in [0.15, 0.2) is 0 Å². The molecule has 0 spiro atoms. The highest BCUT2D eigenvalue weighted by Crippen LogP contribution is 2.29. The molecule has 0 bridgehead atoms. The van der Waals surface area contributed by atoms with Crippen LogP contribution in [0.3, 0.4) is 0 Å². The minimum Gasteiger partial charge on any atom is -0.372 e. The molecule has 0 saturated carbocycles. The van der Waals surface area contributed by atoms with E-state index < -0.39 is 23.4 Å². The number of imide groups is 1. The summed E-state index contributed by atoms with van der Waals surface area (Å²) in [5, 5.41) is 5.50. The number of ether oxygens (including phenoxy) is 1. The van der Waals surface area contributed by atoms with E-state index in [0.29, 0.717) is 11.3 Å². The van der Waals surface area contributed by atoms with Crippen LogP contribution in [0.25, 0.3) is 0 Å². The molecule has 0 radical (unpaired) electrons. The topological polar surface area (TPSA) is 91.0 Å². The van der Waals surface area contributed by atoms with E-state index in [1.807, 2.05) is 55.5 Å². The van der Waals surface area contributed by atoms with Crippen LogP contribution in [-0.2, 0) is 19.9 Å². The number of morpholine rings is 1. The van der Waals surface area contributed by atoms with Crippen molar-refractivity contribution in [3.63, 3.8) is 0 Å². The molecule has 3 unspecified atom stereocenters. The number of anilines is 2. The van der Waals surface area contributed by atoms with Gasteiger partial charge < -0.3 is 20.3 Å². The van der Waals surface area contributed by atoms with E-state index in [2.05, 4.69) is 29.4 Å². The van der Waals surface area contributed by atoms with Gasteiger partial charge in [-0.2, -0.15) is 0 Å². The van der Waals surface area contributed by atoms with Crippen molar-refractivity contribution in [3.8, 4) is 0 Å². The van der Waals surface area contributed by atoms with E-state index in [-0.39, 0.29) is 18.8 Å². The first-order valence-electron chi connectivity index (χ1n) is 11.2. The quantitative estimate of drug-likeness (QED) is 0.684. The molecule has 2 aromatic rings. The zero-order valence-electron chi connectivity index (χ0n) is 19.4. The van der Waals surface area contributed by atoms with Crippen molar-refractivity contribution in [2.45, 2.75) is 45.4 Å². The largest absolute Gasteiger partial charge is 0.372 e. The van der Waals surface area contributed by atoms with Crippen LogP contribution in [0, 0.1) is 6.92 Å². The molecule has 2 aliphatic heterocycles. The minimum absolute atomic E-state index is 0.155. The van der Waals surface area contributed by atoms with E-state index in [1.165, 1.54) is 0 Å². The minimum atomic E-state index is -1.20. The van der Waals surface area contributed by atoms with Crippen LogP contribution in [-0.4, -0.2) is 54.6 Å². The molecular formula is C25H30N4O4. The molecule has 2 saturated heterocycles. The number of amides is 4. The first-order chi connectivity index (χ1) is 15.7. The zero-order valence-corrected chi connectivity index (χ0v) is 19.4. The second-order valence-electron chi connectivity index (χ2n) is 9.07. The van der Waals surface area contributed by atoms with Crippen LogP contribution in [0.1, 0.15) is 31.9 Å². The Labute approximate surface area is 193 Å². The fraction of sp³-hybridized carbons (Fsp3) is 0.400. The molecule has 174 valence electrons. The molecule has 8 nitrogen and oxygen atoms in total. The van der Waals surface area contributed by atoms with Gasteiger partial charge in [0, 0.05) is 24.5 Å². The number of rotatable bonds is 5. The third kappa shape index (κ3) is 4.71. The van der Waals surface area contributed by atoms with Gasteiger partial charge in [0.25, 0.3) is 5.91 Å². The molecule has 2 N–H and O–H groups in total. The van der Waals surface area contributed by atoms with Gasteiger partial charge >= 0.3 is 6.03 Å². The Morgan fingerprint density at radius 3 is 2.27 bits per heavy atom. The Kier molecular flexibility index (Phi) is 6.12. The first-order valence-corrected chi connectivity index (χ1v) is 11.2. The van der Waals surface area contributed by atoms with Crippen LogP contribution in [0.2, 0.25) is 0 Å². The van der Waals surface area contributed by atoms with Crippen molar-refractivity contribution in [3.05, 3.63) is 59.7 Å². The Morgan fingerprint density at radius 1 is 1.06 bits per heavy atom. The number of benzene rings is 2. The maximum absolute atomic E-state index is 13.0. The molecule has 2 fully saturated rings. The molecule has 2 heterocycles. The maximum atomic E-state index is 13.0. The Balaban J connectivity index is 1.39. The van der Waals surface area contributed by atoms with Crippen LogP contribution < -0.4 is 15.5 Å². The highest BCUT2D eigenvalue weighted by atomic mass is 16.5. The predicted octanol–water partition coefficient (Wildman–Crippen LogP) is 3.01. The summed E-state index contributed by atoms with van der Waals surface area (Å²) >= 11 is 0. The van der Waals surface area contributed by atoms with Gasteiger partial charge in [0.05, 0.1) is 12.2 Å². The van der Waals surface area contributed by atoms with Gasteiger partial charge in [-0.05, 0) is 57.5 Å². The molecule has 33 heavy (non-hydrogen) atoms. The van der Waals surface area contributed by atoms with E-state index in [0.717, 1.165) is 29.2 Å². The van der Waals surface area contributed by atoms with Crippen molar-refractivity contribution in [1.29, 1.82) is 0 Å². The monoisotopic (exact) mass is 450 g/mol. The molecule has 4 rings (SSSR count). The number of carbonyl (C=O) groups is 3. The standard InChI is InChI=1S/C25H30N4O4/c1-16-5-7-19(8-6-16)25(4)23(31)29(24(32)27-25)15-22(30)26-20-9-11-21(12-10-20)28-13-17(2)33-18(3)14-28/h5-12,17-18H,13-15H2,1-4H3,(H,26,30)(H,27,32). The maximum Gasteiger partial charge on any atom is 0.325 e. The molecule has 2 aliphatic rings. The zero-order chi connectivity index (χ0) is 23.8. The van der Waals surface area contributed by atoms with E-state index in [1.54, 1.807) is 6.92 Å². The van der Waals surface area contributed by atoms with Crippen molar-refractivity contribution in [2.75, 3.05) is 29.9 Å². The van der Waals surface area contributed by atoms with Crippen molar-refractivity contribution in [2.24, 2.45) is 0 Å². The normalized spacial score (nSPS) is 25.2.